The first-order chi connectivity index (χ1) is 14.5. The van der Waals surface area contributed by atoms with Crippen molar-refractivity contribution in [2.75, 3.05) is 0 Å². The normalized spacial score (nSPS) is 11.8. The van der Waals surface area contributed by atoms with E-state index in [1.165, 1.54) is 5.56 Å². The molecule has 0 saturated heterocycles. The molecule has 1 amide bonds. The third-order valence-electron chi connectivity index (χ3n) is 5.06. The van der Waals surface area contributed by atoms with E-state index in [9.17, 15) is 4.79 Å². The molecule has 30 heavy (non-hydrogen) atoms. The molecule has 1 unspecified atom stereocenters. The number of rotatable bonds is 5. The van der Waals surface area contributed by atoms with Gasteiger partial charge in [0.15, 0.2) is 5.82 Å². The van der Waals surface area contributed by atoms with Gasteiger partial charge in [-0.15, -0.1) is 0 Å². The molecule has 0 fully saturated rings. The second-order valence-corrected chi connectivity index (χ2v) is 7.47. The highest BCUT2D eigenvalue weighted by atomic mass is 16.1. The predicted molar refractivity (Wildman–Crippen MR) is 118 cm³/mol. The number of benzene rings is 2. The lowest BCUT2D eigenvalue weighted by atomic mass is 9.97. The lowest BCUT2D eigenvalue weighted by Gasteiger charge is -2.20. The highest BCUT2D eigenvalue weighted by Crippen LogP contribution is 2.23. The summed E-state index contributed by atoms with van der Waals surface area (Å²) in [6.45, 7) is 5.98. The Hall–Kier alpha value is -3.73. The third-order valence-corrected chi connectivity index (χ3v) is 5.06. The first kappa shape index (κ1) is 19.6. The average molecular weight is 396 g/mol. The van der Waals surface area contributed by atoms with Gasteiger partial charge < -0.3 is 5.32 Å². The molecule has 5 heteroatoms. The maximum absolute atomic E-state index is 13.0. The van der Waals surface area contributed by atoms with Crippen LogP contribution in [-0.2, 0) is 0 Å². The van der Waals surface area contributed by atoms with Gasteiger partial charge in [-0.05, 0) is 50.1 Å². The number of nitrogens with one attached hydrogen (secondary N) is 1. The first-order valence-electron chi connectivity index (χ1n) is 9.93. The molecule has 0 aliphatic heterocycles. The van der Waals surface area contributed by atoms with Crippen LogP contribution in [0.4, 0.5) is 0 Å². The largest absolute Gasteiger partial charge is 0.341 e. The molecule has 4 aromatic rings. The molecule has 4 rings (SSSR count). The number of nitrogens with zero attached hydrogens (tertiary/aromatic N) is 3. The highest BCUT2D eigenvalue weighted by Gasteiger charge is 2.18. The topological polar surface area (TPSA) is 59.8 Å². The standard InChI is InChI=1S/C25H24N4O/c1-17-9-11-21(12-10-17)24(20-7-5-4-6-8-20)27-25(30)22-13-14-23(26-16-22)29-19(3)15-18(2)28-29/h4-16,24H,1-3H3,(H,27,30). The van der Waals surface area contributed by atoms with Gasteiger partial charge in [0.1, 0.15) is 0 Å². The second kappa shape index (κ2) is 8.33. The highest BCUT2D eigenvalue weighted by molar-refractivity contribution is 5.94. The van der Waals surface area contributed by atoms with E-state index in [1.54, 1.807) is 16.9 Å². The molecule has 0 aliphatic carbocycles. The summed E-state index contributed by atoms with van der Waals surface area (Å²) < 4.78 is 1.77. The number of hydrogen-bond donors (Lipinski definition) is 1. The van der Waals surface area contributed by atoms with Crippen LogP contribution < -0.4 is 5.32 Å². The zero-order valence-corrected chi connectivity index (χ0v) is 17.3. The molecule has 0 aliphatic rings. The van der Waals surface area contributed by atoms with Gasteiger partial charge in [-0.2, -0.15) is 5.10 Å². The van der Waals surface area contributed by atoms with E-state index in [0.29, 0.717) is 11.4 Å². The molecule has 1 N–H and O–H groups in total. The molecular formula is C25H24N4O. The summed E-state index contributed by atoms with van der Waals surface area (Å²) in [6.07, 6.45) is 1.60. The summed E-state index contributed by atoms with van der Waals surface area (Å²) >= 11 is 0. The molecule has 0 spiro atoms. The molecule has 2 aromatic heterocycles. The number of hydrogen-bond acceptors (Lipinski definition) is 3. The van der Waals surface area contributed by atoms with Crippen LogP contribution in [0.15, 0.2) is 79.0 Å². The van der Waals surface area contributed by atoms with Crippen molar-refractivity contribution in [1.29, 1.82) is 0 Å². The third kappa shape index (κ3) is 4.15. The fraction of sp³-hybridized carbons (Fsp3) is 0.160. The molecule has 0 saturated carbocycles. The number of carbonyl (C=O) groups is 1. The SMILES string of the molecule is Cc1ccc(C(NC(=O)c2ccc(-n3nc(C)cc3C)nc2)c2ccccc2)cc1. The molecule has 1 atom stereocenters. The van der Waals surface area contributed by atoms with Crippen LogP contribution in [0.25, 0.3) is 5.82 Å². The number of aromatic nitrogens is 3. The average Bonchev–Trinajstić information content (AvgIpc) is 3.11. The van der Waals surface area contributed by atoms with Crippen LogP contribution in [0.1, 0.15) is 44.5 Å². The Morgan fingerprint density at radius 2 is 1.60 bits per heavy atom. The second-order valence-electron chi connectivity index (χ2n) is 7.47. The van der Waals surface area contributed by atoms with Crippen molar-refractivity contribution >= 4 is 5.91 Å². The maximum atomic E-state index is 13.0. The molecular weight excluding hydrogens is 372 g/mol. The summed E-state index contributed by atoms with van der Waals surface area (Å²) in [4.78, 5) is 17.5. The van der Waals surface area contributed by atoms with Gasteiger partial charge in [-0.1, -0.05) is 60.2 Å². The molecule has 2 aromatic carbocycles. The minimum Gasteiger partial charge on any atom is -0.341 e. The minimum absolute atomic E-state index is 0.170. The molecule has 2 heterocycles. The summed E-state index contributed by atoms with van der Waals surface area (Å²) in [5, 5.41) is 7.60. The first-order valence-corrected chi connectivity index (χ1v) is 9.93. The van der Waals surface area contributed by atoms with E-state index in [0.717, 1.165) is 22.5 Å². The Labute approximate surface area is 176 Å². The number of carbonyl (C=O) groups excluding carboxylic acids is 1. The molecule has 5 nitrogen and oxygen atoms in total. The minimum atomic E-state index is -0.241. The van der Waals surface area contributed by atoms with Crippen molar-refractivity contribution in [3.05, 3.63) is 113 Å². The number of pyridine rings is 1. The van der Waals surface area contributed by atoms with Crippen LogP contribution in [0.5, 0.6) is 0 Å². The lowest BCUT2D eigenvalue weighted by molar-refractivity contribution is 0.0942. The van der Waals surface area contributed by atoms with Crippen LogP contribution >= 0.6 is 0 Å². The number of amides is 1. The Morgan fingerprint density at radius 3 is 2.20 bits per heavy atom. The van der Waals surface area contributed by atoms with Gasteiger partial charge in [0.25, 0.3) is 5.91 Å². The number of aryl methyl sites for hydroxylation is 3. The summed E-state index contributed by atoms with van der Waals surface area (Å²) in [6, 6.07) is 23.6. The van der Waals surface area contributed by atoms with Crippen LogP contribution in [0, 0.1) is 20.8 Å². The van der Waals surface area contributed by atoms with E-state index in [-0.39, 0.29) is 11.9 Å². The fourth-order valence-electron chi connectivity index (χ4n) is 3.48. The van der Waals surface area contributed by atoms with E-state index < -0.39 is 0 Å². The van der Waals surface area contributed by atoms with E-state index >= 15 is 0 Å². The Morgan fingerprint density at radius 1 is 0.900 bits per heavy atom. The fourth-order valence-corrected chi connectivity index (χ4v) is 3.48. The van der Waals surface area contributed by atoms with E-state index in [2.05, 4.69) is 46.6 Å². The van der Waals surface area contributed by atoms with Crippen molar-refractivity contribution in [1.82, 2.24) is 20.1 Å². The van der Waals surface area contributed by atoms with Crippen molar-refractivity contribution in [2.24, 2.45) is 0 Å². The zero-order valence-electron chi connectivity index (χ0n) is 17.3. The Kier molecular flexibility index (Phi) is 5.44. The van der Waals surface area contributed by atoms with Gasteiger partial charge in [0, 0.05) is 11.9 Å². The van der Waals surface area contributed by atoms with Gasteiger partial charge >= 0.3 is 0 Å². The van der Waals surface area contributed by atoms with Crippen molar-refractivity contribution in [3.63, 3.8) is 0 Å². The van der Waals surface area contributed by atoms with E-state index in [4.69, 9.17) is 0 Å². The van der Waals surface area contributed by atoms with Crippen molar-refractivity contribution < 1.29 is 4.79 Å². The van der Waals surface area contributed by atoms with Crippen LogP contribution in [-0.4, -0.2) is 20.7 Å². The summed E-state index contributed by atoms with van der Waals surface area (Å²) in [5.74, 6) is 0.520. The van der Waals surface area contributed by atoms with Gasteiger partial charge in [-0.3, -0.25) is 4.79 Å². The summed E-state index contributed by atoms with van der Waals surface area (Å²) in [5.41, 5.74) is 5.68. The zero-order chi connectivity index (χ0) is 21.1. The molecule has 0 bridgehead atoms. The quantitative estimate of drug-likeness (QED) is 0.531. The monoisotopic (exact) mass is 396 g/mol. The van der Waals surface area contributed by atoms with Gasteiger partial charge in [0.05, 0.1) is 17.3 Å². The predicted octanol–water partition coefficient (Wildman–Crippen LogP) is 4.71. The summed E-state index contributed by atoms with van der Waals surface area (Å²) in [7, 11) is 0. The Bertz CT molecular complexity index is 1150. The maximum Gasteiger partial charge on any atom is 0.253 e. The van der Waals surface area contributed by atoms with Crippen molar-refractivity contribution in [2.45, 2.75) is 26.8 Å². The van der Waals surface area contributed by atoms with E-state index in [1.807, 2.05) is 56.3 Å². The van der Waals surface area contributed by atoms with Crippen LogP contribution in [0.2, 0.25) is 0 Å². The van der Waals surface area contributed by atoms with Crippen LogP contribution in [0.3, 0.4) is 0 Å². The molecule has 150 valence electrons. The Balaban J connectivity index is 1.59. The van der Waals surface area contributed by atoms with Crippen molar-refractivity contribution in [3.8, 4) is 5.82 Å². The van der Waals surface area contributed by atoms with Gasteiger partial charge in [-0.25, -0.2) is 9.67 Å². The smallest absolute Gasteiger partial charge is 0.253 e. The van der Waals surface area contributed by atoms with Gasteiger partial charge in [0.2, 0.25) is 0 Å². The molecule has 0 radical (unpaired) electrons. The lowest BCUT2D eigenvalue weighted by Crippen LogP contribution is -2.29.